The predicted octanol–water partition coefficient (Wildman–Crippen LogP) is 5.84. The summed E-state index contributed by atoms with van der Waals surface area (Å²) in [5, 5.41) is 0. The Kier molecular flexibility index (Phi) is 15.7. The molecule has 0 nitrogen and oxygen atoms in total. The first-order valence-electron chi connectivity index (χ1n) is 7.41. The maximum atomic E-state index is 6.69. The molecule has 0 saturated heterocycles. The summed E-state index contributed by atoms with van der Waals surface area (Å²) in [5.41, 5.74) is 0.826. The van der Waals surface area contributed by atoms with Crippen LogP contribution in [0.3, 0.4) is 0 Å². The van der Waals surface area contributed by atoms with Crippen LogP contribution in [0.25, 0.3) is 0 Å². The zero-order valence-electron chi connectivity index (χ0n) is 13.5. The Morgan fingerprint density at radius 3 is 1.04 bits per heavy atom. The average Bonchev–Trinajstić information content (AvgIpc) is 3.43. The number of benzene rings is 1. The third kappa shape index (κ3) is 13.5. The summed E-state index contributed by atoms with van der Waals surface area (Å²) in [6.07, 6.45) is 6.69. The molecule has 0 saturated carbocycles. The molecule has 0 spiro atoms. The summed E-state index contributed by atoms with van der Waals surface area (Å²) < 4.78 is 0. The molecule has 1 heteroatoms. The first kappa shape index (κ1) is 21.9. The van der Waals surface area contributed by atoms with Gasteiger partial charge in [-0.15, -0.1) is 17.7 Å². The molecular formula is C23H20U. The fourth-order valence-electron chi connectivity index (χ4n) is 1.48. The molecule has 0 radical (unpaired) electrons. The standard InChI is InChI=1S/C8H5.3C5H5.U/c1-2-8-6-4-3-5-7-8;3*1-2-4-5-3-1;/h3-7H;3*1-5H;/q4*-1;+4. The molecular weight excluding hydrogens is 514 g/mol. The van der Waals surface area contributed by atoms with E-state index in [0.717, 1.165) is 5.56 Å². The zero-order valence-corrected chi connectivity index (χ0v) is 17.7. The van der Waals surface area contributed by atoms with Crippen molar-refractivity contribution in [2.75, 3.05) is 0 Å². The van der Waals surface area contributed by atoms with Gasteiger partial charge in [0.15, 0.2) is 0 Å². The molecule has 0 unspecified atom stereocenters. The van der Waals surface area contributed by atoms with Crippen LogP contribution in [0.1, 0.15) is 5.56 Å². The van der Waals surface area contributed by atoms with Crippen LogP contribution in [0, 0.1) is 43.5 Å². The Labute approximate surface area is 169 Å². The summed E-state index contributed by atoms with van der Waals surface area (Å²) in [6, 6.07) is 39.4. The topological polar surface area (TPSA) is 0 Å². The summed E-state index contributed by atoms with van der Waals surface area (Å²) in [5.74, 6) is 2.28. The van der Waals surface area contributed by atoms with Crippen molar-refractivity contribution in [1.82, 2.24) is 0 Å². The Morgan fingerprint density at radius 2 is 0.875 bits per heavy atom. The van der Waals surface area contributed by atoms with Crippen molar-refractivity contribution in [3.63, 3.8) is 0 Å². The molecule has 116 valence electrons. The minimum absolute atomic E-state index is 0. The SMILES string of the molecule is [C-]#Cc1ccccc1.[U+4].c1cc[cH-]c1.c1cc[cH-]c1.c1cc[cH-]c1. The molecule has 4 aromatic carbocycles. The Balaban J connectivity index is 0.000000297. The van der Waals surface area contributed by atoms with Crippen molar-refractivity contribution in [1.29, 1.82) is 0 Å². The average molecular weight is 534 g/mol. The van der Waals surface area contributed by atoms with E-state index >= 15 is 0 Å². The molecule has 0 heterocycles. The summed E-state index contributed by atoms with van der Waals surface area (Å²) in [7, 11) is 0. The fourth-order valence-corrected chi connectivity index (χ4v) is 1.48. The maximum absolute atomic E-state index is 6.69. The Bertz CT molecular complexity index is 552. The molecule has 0 N–H and O–H groups in total. The van der Waals surface area contributed by atoms with Crippen LogP contribution in [-0.2, 0) is 0 Å². The van der Waals surface area contributed by atoms with E-state index in [1.807, 2.05) is 121 Å². The van der Waals surface area contributed by atoms with Gasteiger partial charge in [-0.05, 0) is 0 Å². The first-order valence-corrected chi connectivity index (χ1v) is 7.41. The van der Waals surface area contributed by atoms with E-state index in [0.29, 0.717) is 0 Å². The van der Waals surface area contributed by atoms with Gasteiger partial charge in [0.2, 0.25) is 0 Å². The Hall–Kier alpha value is -2.12. The summed E-state index contributed by atoms with van der Waals surface area (Å²) in [6.45, 7) is 0. The zero-order chi connectivity index (χ0) is 16.4. The second kappa shape index (κ2) is 17.2. The molecule has 4 aromatic rings. The van der Waals surface area contributed by atoms with Crippen molar-refractivity contribution in [2.45, 2.75) is 0 Å². The molecule has 0 bridgehead atoms. The van der Waals surface area contributed by atoms with Crippen LogP contribution >= 0.6 is 0 Å². The molecule has 24 heavy (non-hydrogen) atoms. The van der Waals surface area contributed by atoms with Gasteiger partial charge in [0, 0.05) is 0 Å². The van der Waals surface area contributed by atoms with Gasteiger partial charge < -0.3 is 6.42 Å². The van der Waals surface area contributed by atoms with Crippen molar-refractivity contribution >= 4 is 0 Å². The third-order valence-corrected chi connectivity index (χ3v) is 2.58. The molecule has 0 amide bonds. The molecule has 0 aromatic heterocycles. The first-order chi connectivity index (χ1) is 11.4. The molecule has 0 aliphatic rings. The Morgan fingerprint density at radius 1 is 0.542 bits per heavy atom. The number of hydrogen-bond donors (Lipinski definition) is 0. The van der Waals surface area contributed by atoms with Crippen LogP contribution in [-0.4, -0.2) is 0 Å². The van der Waals surface area contributed by atoms with E-state index in [9.17, 15) is 0 Å². The second-order valence-electron chi connectivity index (χ2n) is 4.38. The summed E-state index contributed by atoms with van der Waals surface area (Å²) >= 11 is 0. The van der Waals surface area contributed by atoms with Gasteiger partial charge in [-0.1, -0.05) is 18.2 Å². The van der Waals surface area contributed by atoms with Gasteiger partial charge >= 0.3 is 31.1 Å². The largest absolute Gasteiger partial charge is 4.00 e. The van der Waals surface area contributed by atoms with E-state index in [1.165, 1.54) is 0 Å². The van der Waals surface area contributed by atoms with E-state index in [4.69, 9.17) is 6.42 Å². The fraction of sp³-hybridized carbons (Fsp3) is 0. The van der Waals surface area contributed by atoms with Crippen molar-refractivity contribution in [3.05, 3.63) is 133 Å². The van der Waals surface area contributed by atoms with E-state index in [-0.39, 0.29) is 31.1 Å². The van der Waals surface area contributed by atoms with Gasteiger partial charge in [-0.3, -0.25) is 5.92 Å². The monoisotopic (exact) mass is 534 g/mol. The minimum Gasteiger partial charge on any atom is -0.366 e. The van der Waals surface area contributed by atoms with Gasteiger partial charge in [0.25, 0.3) is 0 Å². The molecule has 0 aliphatic heterocycles. The molecule has 0 fully saturated rings. The number of rotatable bonds is 0. The van der Waals surface area contributed by atoms with Crippen LogP contribution < -0.4 is 0 Å². The van der Waals surface area contributed by atoms with Gasteiger partial charge in [-0.25, -0.2) is 36.4 Å². The van der Waals surface area contributed by atoms with E-state index in [2.05, 4.69) is 5.92 Å². The predicted molar refractivity (Wildman–Crippen MR) is 98.8 cm³/mol. The van der Waals surface area contributed by atoms with Gasteiger partial charge in [0.1, 0.15) is 0 Å². The smallest absolute Gasteiger partial charge is 0.366 e. The van der Waals surface area contributed by atoms with Crippen LogP contribution in [0.4, 0.5) is 0 Å². The van der Waals surface area contributed by atoms with E-state index in [1.54, 1.807) is 0 Å². The normalized spacial score (nSPS) is 7.62. The number of hydrogen-bond acceptors (Lipinski definition) is 0. The summed E-state index contributed by atoms with van der Waals surface area (Å²) in [4.78, 5) is 0. The van der Waals surface area contributed by atoms with Gasteiger partial charge in [0.05, 0.1) is 0 Å². The van der Waals surface area contributed by atoms with Crippen molar-refractivity contribution < 1.29 is 31.1 Å². The van der Waals surface area contributed by atoms with Crippen LogP contribution in [0.5, 0.6) is 0 Å². The van der Waals surface area contributed by atoms with E-state index < -0.39 is 0 Å². The maximum Gasteiger partial charge on any atom is 4.00 e. The quantitative estimate of drug-likeness (QED) is 0.197. The molecule has 0 aliphatic carbocycles. The molecule has 0 atom stereocenters. The molecule has 4 rings (SSSR count). The van der Waals surface area contributed by atoms with Crippen LogP contribution in [0.15, 0.2) is 121 Å². The van der Waals surface area contributed by atoms with Crippen molar-refractivity contribution in [3.8, 4) is 5.92 Å². The van der Waals surface area contributed by atoms with Crippen LogP contribution in [0.2, 0.25) is 0 Å². The van der Waals surface area contributed by atoms with Crippen molar-refractivity contribution in [2.24, 2.45) is 0 Å². The second-order valence-corrected chi connectivity index (χ2v) is 4.38. The third-order valence-electron chi connectivity index (χ3n) is 2.58. The van der Waals surface area contributed by atoms with Gasteiger partial charge in [-0.2, -0.15) is 54.6 Å². The minimum atomic E-state index is 0.